The minimum absolute atomic E-state index is 0.0426. The van der Waals surface area contributed by atoms with Gasteiger partial charge in [-0.25, -0.2) is 4.79 Å². The van der Waals surface area contributed by atoms with E-state index in [1.165, 1.54) is 10.8 Å². The summed E-state index contributed by atoms with van der Waals surface area (Å²) in [4.78, 5) is 25.2. The van der Waals surface area contributed by atoms with Crippen LogP contribution in [0.2, 0.25) is 10.0 Å². The first kappa shape index (κ1) is 14.9. The van der Waals surface area contributed by atoms with Gasteiger partial charge in [0.05, 0.1) is 23.0 Å². The number of hydrogen-bond acceptors (Lipinski definition) is 3. The summed E-state index contributed by atoms with van der Waals surface area (Å²) < 4.78 is 3.05. The number of H-pyrrole nitrogens is 1. The quantitative estimate of drug-likeness (QED) is 0.932. The van der Waals surface area contributed by atoms with E-state index in [0.29, 0.717) is 18.0 Å². The second kappa shape index (κ2) is 5.85. The molecule has 8 heteroatoms. The molecule has 0 aromatic carbocycles. The van der Waals surface area contributed by atoms with E-state index in [4.69, 9.17) is 23.2 Å². The first-order chi connectivity index (χ1) is 9.47. The molecule has 0 saturated heterocycles. The highest BCUT2D eigenvalue weighted by Gasteiger charge is 2.15. The highest BCUT2D eigenvalue weighted by Crippen LogP contribution is 2.22. The molecule has 0 unspecified atom stereocenters. The fourth-order valence-electron chi connectivity index (χ4n) is 1.93. The van der Waals surface area contributed by atoms with Crippen LogP contribution in [0, 0.1) is 0 Å². The van der Waals surface area contributed by atoms with Crippen molar-refractivity contribution in [2.24, 2.45) is 0 Å². The average molecular weight is 317 g/mol. The zero-order valence-electron chi connectivity index (χ0n) is 11.1. The van der Waals surface area contributed by atoms with Crippen LogP contribution in [0.3, 0.4) is 0 Å². The van der Waals surface area contributed by atoms with Gasteiger partial charge in [-0.1, -0.05) is 30.1 Å². The molecular weight excluding hydrogens is 303 g/mol. The average Bonchev–Trinajstić information content (AvgIpc) is 2.72. The highest BCUT2D eigenvalue weighted by atomic mass is 35.5. The van der Waals surface area contributed by atoms with Crippen LogP contribution in [0.25, 0.3) is 0 Å². The van der Waals surface area contributed by atoms with Crippen LogP contribution in [0.4, 0.5) is 0 Å². The van der Waals surface area contributed by atoms with Gasteiger partial charge < -0.3 is 0 Å². The van der Waals surface area contributed by atoms with Gasteiger partial charge in [0.15, 0.2) is 0 Å². The maximum atomic E-state index is 11.8. The summed E-state index contributed by atoms with van der Waals surface area (Å²) in [6, 6.07) is 0. The van der Waals surface area contributed by atoms with Crippen LogP contribution in [0.1, 0.15) is 25.2 Å². The number of hydrogen-bond donors (Lipinski definition) is 1. The van der Waals surface area contributed by atoms with Gasteiger partial charge >= 0.3 is 5.69 Å². The molecule has 1 N–H and O–H groups in total. The normalized spacial score (nSPS) is 11.0. The molecule has 2 aromatic rings. The van der Waals surface area contributed by atoms with E-state index in [1.54, 1.807) is 4.68 Å². The third kappa shape index (κ3) is 2.66. The molecule has 20 heavy (non-hydrogen) atoms. The van der Waals surface area contributed by atoms with Crippen LogP contribution in [-0.2, 0) is 19.5 Å². The maximum Gasteiger partial charge on any atom is 0.328 e. The third-order valence-corrected chi connectivity index (χ3v) is 3.69. The molecular formula is C12H14Cl2N4O2. The maximum absolute atomic E-state index is 11.8. The highest BCUT2D eigenvalue weighted by molar-refractivity contribution is 6.32. The van der Waals surface area contributed by atoms with Crippen molar-refractivity contribution in [2.75, 3.05) is 0 Å². The summed E-state index contributed by atoms with van der Waals surface area (Å²) in [6.45, 7) is 4.74. The van der Waals surface area contributed by atoms with E-state index in [9.17, 15) is 9.59 Å². The van der Waals surface area contributed by atoms with Crippen LogP contribution in [0.5, 0.6) is 0 Å². The molecule has 2 aromatic heterocycles. The van der Waals surface area contributed by atoms with Gasteiger partial charge in [-0.05, 0) is 13.3 Å². The third-order valence-electron chi connectivity index (χ3n) is 2.98. The lowest BCUT2D eigenvalue weighted by molar-refractivity contribution is 0.584. The van der Waals surface area contributed by atoms with Crippen molar-refractivity contribution >= 4 is 23.2 Å². The SMILES string of the molecule is CCc1nn(CC)c(Cn2cc(Cl)c(=O)[nH]c2=O)c1Cl. The van der Waals surface area contributed by atoms with Gasteiger partial charge in [-0.3, -0.25) is 19.0 Å². The fraction of sp³-hybridized carbons (Fsp3) is 0.417. The van der Waals surface area contributed by atoms with Crippen LogP contribution in [-0.4, -0.2) is 19.3 Å². The molecule has 0 saturated carbocycles. The van der Waals surface area contributed by atoms with Gasteiger partial charge in [0, 0.05) is 12.7 Å². The Morgan fingerprint density at radius 2 is 2.00 bits per heavy atom. The molecule has 2 heterocycles. The van der Waals surface area contributed by atoms with E-state index in [-0.39, 0.29) is 11.6 Å². The van der Waals surface area contributed by atoms with Crippen molar-refractivity contribution < 1.29 is 0 Å². The summed E-state index contributed by atoms with van der Waals surface area (Å²) >= 11 is 12.0. The minimum Gasteiger partial charge on any atom is -0.293 e. The van der Waals surface area contributed by atoms with Crippen molar-refractivity contribution in [3.8, 4) is 0 Å². The Hall–Kier alpha value is -1.53. The summed E-state index contributed by atoms with van der Waals surface area (Å²) in [5.41, 5.74) is 0.373. The van der Waals surface area contributed by atoms with E-state index in [0.717, 1.165) is 11.4 Å². The number of aromatic amines is 1. The monoisotopic (exact) mass is 316 g/mol. The van der Waals surface area contributed by atoms with E-state index >= 15 is 0 Å². The van der Waals surface area contributed by atoms with Gasteiger partial charge in [0.1, 0.15) is 5.02 Å². The van der Waals surface area contributed by atoms with Crippen molar-refractivity contribution in [3.63, 3.8) is 0 Å². The number of halogens is 2. The van der Waals surface area contributed by atoms with Crippen LogP contribution >= 0.6 is 23.2 Å². The molecule has 0 aliphatic rings. The molecule has 0 amide bonds. The fourth-order valence-corrected chi connectivity index (χ4v) is 2.42. The summed E-state index contributed by atoms with van der Waals surface area (Å²) in [7, 11) is 0. The topological polar surface area (TPSA) is 72.7 Å². The largest absolute Gasteiger partial charge is 0.328 e. The Bertz CT molecular complexity index is 745. The molecule has 0 aliphatic carbocycles. The summed E-state index contributed by atoms with van der Waals surface area (Å²) in [6.07, 6.45) is 2.01. The number of nitrogens with one attached hydrogen (secondary N) is 1. The molecule has 6 nitrogen and oxygen atoms in total. The zero-order valence-corrected chi connectivity index (χ0v) is 12.6. The smallest absolute Gasteiger partial charge is 0.293 e. The van der Waals surface area contributed by atoms with Crippen LogP contribution < -0.4 is 11.2 Å². The van der Waals surface area contributed by atoms with Gasteiger partial charge in [0.2, 0.25) is 0 Å². The predicted octanol–water partition coefficient (Wildman–Crippen LogP) is 1.67. The van der Waals surface area contributed by atoms with Gasteiger partial charge in [0.25, 0.3) is 5.56 Å². The number of aromatic nitrogens is 4. The number of nitrogens with zero attached hydrogens (tertiary/aromatic N) is 3. The second-order valence-electron chi connectivity index (χ2n) is 4.24. The summed E-state index contributed by atoms with van der Waals surface area (Å²) in [5, 5.41) is 4.88. The van der Waals surface area contributed by atoms with E-state index < -0.39 is 11.2 Å². The lowest BCUT2D eigenvalue weighted by atomic mass is 10.3. The van der Waals surface area contributed by atoms with Gasteiger partial charge in [-0.2, -0.15) is 5.10 Å². The Morgan fingerprint density at radius 1 is 1.30 bits per heavy atom. The van der Waals surface area contributed by atoms with Gasteiger partial charge in [-0.15, -0.1) is 0 Å². The molecule has 0 radical (unpaired) electrons. The molecule has 108 valence electrons. The molecule has 0 aliphatic heterocycles. The lowest BCUT2D eigenvalue weighted by Crippen LogP contribution is -2.30. The second-order valence-corrected chi connectivity index (χ2v) is 5.03. The minimum atomic E-state index is -0.600. The van der Waals surface area contributed by atoms with E-state index in [1.807, 2.05) is 13.8 Å². The van der Waals surface area contributed by atoms with Crippen molar-refractivity contribution in [3.05, 3.63) is 48.5 Å². The van der Waals surface area contributed by atoms with E-state index in [2.05, 4.69) is 10.1 Å². The predicted molar refractivity (Wildman–Crippen MR) is 77.7 cm³/mol. The molecule has 0 bridgehead atoms. The molecule has 2 rings (SSSR count). The van der Waals surface area contributed by atoms with Crippen molar-refractivity contribution in [2.45, 2.75) is 33.4 Å². The van der Waals surface area contributed by atoms with Crippen molar-refractivity contribution in [1.29, 1.82) is 0 Å². The number of rotatable bonds is 4. The Balaban J connectivity index is 2.50. The Kier molecular flexibility index (Phi) is 4.35. The standard InChI is InChI=1S/C12H14Cl2N4O2/c1-3-8-10(14)9(18(4-2)16-8)6-17-5-7(13)11(19)15-12(17)20/h5H,3-4,6H2,1-2H3,(H,15,19,20). The zero-order chi connectivity index (χ0) is 14.9. The first-order valence-electron chi connectivity index (χ1n) is 6.21. The number of aryl methyl sites for hydroxylation is 2. The van der Waals surface area contributed by atoms with Crippen molar-refractivity contribution in [1.82, 2.24) is 19.3 Å². The molecule has 0 fully saturated rings. The lowest BCUT2D eigenvalue weighted by Gasteiger charge is -2.08. The summed E-state index contributed by atoms with van der Waals surface area (Å²) in [5.74, 6) is 0. The molecule has 0 spiro atoms. The Labute approximate surface area is 124 Å². The first-order valence-corrected chi connectivity index (χ1v) is 6.96. The Morgan fingerprint density at radius 3 is 2.60 bits per heavy atom. The van der Waals surface area contributed by atoms with Crippen LogP contribution in [0.15, 0.2) is 15.8 Å². The molecule has 0 atom stereocenters.